The van der Waals surface area contributed by atoms with Gasteiger partial charge in [-0.1, -0.05) is 10.3 Å². The third-order valence-electron chi connectivity index (χ3n) is 2.82. The summed E-state index contributed by atoms with van der Waals surface area (Å²) in [5.41, 5.74) is 9.67. The van der Waals surface area contributed by atoms with E-state index in [1.165, 1.54) is 5.48 Å². The van der Waals surface area contributed by atoms with Gasteiger partial charge in [-0.15, -0.1) is 0 Å². The van der Waals surface area contributed by atoms with Crippen molar-refractivity contribution >= 4 is 23.5 Å². The smallest absolute Gasteiger partial charge is 0.319 e. The molecule has 9 N–H and O–H groups in total. The molecule has 0 aliphatic rings. The van der Waals surface area contributed by atoms with Crippen molar-refractivity contribution in [3.63, 3.8) is 0 Å². The lowest BCUT2D eigenvalue weighted by molar-refractivity contribution is -0.160. The molecule has 0 saturated heterocycles. The summed E-state index contributed by atoms with van der Waals surface area (Å²) in [6.07, 6.45) is -1.09. The maximum absolute atomic E-state index is 11.6. The van der Waals surface area contributed by atoms with Crippen LogP contribution in [0.25, 0.3) is 0 Å². The molecule has 0 bridgehead atoms. The highest BCUT2D eigenvalue weighted by Crippen LogP contribution is 2.31. The van der Waals surface area contributed by atoms with Crippen LogP contribution in [0.2, 0.25) is 0 Å². The molecule has 0 aromatic carbocycles. The molecule has 0 unspecified atom stereocenters. The van der Waals surface area contributed by atoms with Gasteiger partial charge in [-0.05, 0) is 12.8 Å². The first kappa shape index (κ1) is 17.4. The predicted molar refractivity (Wildman–Crippen MR) is 65.3 cm³/mol. The van der Waals surface area contributed by atoms with Crippen molar-refractivity contribution in [2.75, 3.05) is 0 Å². The number of rotatable bonds is 8. The molecular formula is C9H17N5O6. The zero-order chi connectivity index (χ0) is 15.8. The number of hydroxylamine groups is 1. The lowest BCUT2D eigenvalue weighted by Crippen LogP contribution is -2.46. The van der Waals surface area contributed by atoms with Gasteiger partial charge in [0.05, 0.1) is 0 Å². The molecule has 0 saturated carbocycles. The Balaban J connectivity index is 5.25. The van der Waals surface area contributed by atoms with E-state index in [0.29, 0.717) is 0 Å². The molecule has 11 nitrogen and oxygen atoms in total. The van der Waals surface area contributed by atoms with Crippen molar-refractivity contribution in [2.24, 2.45) is 27.2 Å². The van der Waals surface area contributed by atoms with E-state index >= 15 is 0 Å². The van der Waals surface area contributed by atoms with Gasteiger partial charge in [0, 0.05) is 12.8 Å². The first-order valence-electron chi connectivity index (χ1n) is 5.44. The second-order valence-corrected chi connectivity index (χ2v) is 4.01. The highest BCUT2D eigenvalue weighted by molar-refractivity contribution is 6.02. The van der Waals surface area contributed by atoms with Crippen LogP contribution >= 0.6 is 0 Å². The van der Waals surface area contributed by atoms with Gasteiger partial charge in [0.2, 0.25) is 0 Å². The van der Waals surface area contributed by atoms with E-state index in [1.54, 1.807) is 0 Å². The zero-order valence-electron chi connectivity index (χ0n) is 10.5. The van der Waals surface area contributed by atoms with Gasteiger partial charge < -0.3 is 27.0 Å². The largest absolute Gasteiger partial charge is 0.480 e. The molecule has 0 radical (unpaired) electrons. The second-order valence-electron chi connectivity index (χ2n) is 4.01. The van der Waals surface area contributed by atoms with Gasteiger partial charge in [0.25, 0.3) is 5.91 Å². The van der Waals surface area contributed by atoms with Crippen LogP contribution in [0.1, 0.15) is 25.7 Å². The number of hydrogen-bond donors (Lipinski definition) is 7. The van der Waals surface area contributed by atoms with Crippen LogP contribution in [0.5, 0.6) is 0 Å². The van der Waals surface area contributed by atoms with Crippen molar-refractivity contribution in [3.05, 3.63) is 0 Å². The summed E-state index contributed by atoms with van der Waals surface area (Å²) in [6.45, 7) is 0. The Morgan fingerprint density at radius 2 is 1.45 bits per heavy atom. The zero-order valence-corrected chi connectivity index (χ0v) is 10.5. The number of nitrogens with zero attached hydrogens (tertiary/aromatic N) is 2. The fraction of sp³-hybridized carbons (Fsp3) is 0.556. The van der Waals surface area contributed by atoms with Crippen molar-refractivity contribution in [2.45, 2.75) is 25.7 Å². The molecule has 0 fully saturated rings. The van der Waals surface area contributed by atoms with Gasteiger partial charge in [-0.3, -0.25) is 14.8 Å². The average molecular weight is 291 g/mol. The minimum atomic E-state index is -2.06. The van der Waals surface area contributed by atoms with Crippen molar-refractivity contribution in [1.82, 2.24) is 5.48 Å². The fourth-order valence-corrected chi connectivity index (χ4v) is 1.55. The summed E-state index contributed by atoms with van der Waals surface area (Å²) in [5.74, 6) is -3.25. The van der Waals surface area contributed by atoms with Gasteiger partial charge in [-0.2, -0.15) is 0 Å². The van der Waals surface area contributed by atoms with E-state index < -0.39 is 17.3 Å². The SMILES string of the molecule is N/C(CCC(CC/C(N)=N/O)(C(=O)O)C(=O)NO)=N\O. The summed E-state index contributed by atoms with van der Waals surface area (Å²) in [6, 6.07) is 0. The Bertz CT molecular complexity index is 399. The van der Waals surface area contributed by atoms with E-state index in [1.807, 2.05) is 0 Å². The maximum atomic E-state index is 11.6. The van der Waals surface area contributed by atoms with Crippen LogP contribution in [-0.2, 0) is 9.59 Å². The van der Waals surface area contributed by atoms with E-state index in [-0.39, 0.29) is 37.4 Å². The van der Waals surface area contributed by atoms with E-state index in [4.69, 9.17) is 27.1 Å². The summed E-state index contributed by atoms with van der Waals surface area (Å²) < 4.78 is 0. The minimum Gasteiger partial charge on any atom is -0.480 e. The number of carboxylic acids is 1. The Labute approximate surface area is 113 Å². The highest BCUT2D eigenvalue weighted by Gasteiger charge is 2.45. The first-order chi connectivity index (χ1) is 9.33. The highest BCUT2D eigenvalue weighted by atomic mass is 16.5. The molecule has 1 amide bonds. The molecule has 0 aromatic rings. The molecule has 0 aromatic heterocycles. The number of nitrogens with two attached hydrogens (primary N) is 2. The number of amides is 1. The van der Waals surface area contributed by atoms with Gasteiger partial charge in [-0.25, -0.2) is 5.48 Å². The Hall–Kier alpha value is -2.56. The first-order valence-corrected chi connectivity index (χ1v) is 5.44. The number of carboxylic acid groups (broad SMARTS) is 1. The van der Waals surface area contributed by atoms with E-state index in [0.717, 1.165) is 0 Å². The maximum Gasteiger partial charge on any atom is 0.319 e. The lowest BCUT2D eigenvalue weighted by Gasteiger charge is -2.26. The van der Waals surface area contributed by atoms with Crippen molar-refractivity contribution in [1.29, 1.82) is 0 Å². The predicted octanol–water partition coefficient (Wildman–Crippen LogP) is -1.38. The summed E-state index contributed by atoms with van der Waals surface area (Å²) in [5, 5.41) is 40.1. The standard InChI is InChI=1S/C9H17N5O6/c10-5(12-18)1-3-9(8(16)17,7(15)14-20)4-2-6(11)13-19/h18-20H,1-4H2,(H2,10,12)(H2,11,13)(H,14,15)(H,16,17). The number of hydrogen-bond acceptors (Lipinski definition) is 7. The number of oxime groups is 2. The molecule has 0 rings (SSSR count). The van der Waals surface area contributed by atoms with Crippen LogP contribution in [-0.4, -0.2) is 44.3 Å². The molecule has 0 spiro atoms. The molecule has 114 valence electrons. The van der Waals surface area contributed by atoms with Crippen molar-refractivity contribution in [3.8, 4) is 0 Å². The number of carbonyl (C=O) groups excluding carboxylic acids is 1. The molecule has 0 aliphatic carbocycles. The molecular weight excluding hydrogens is 274 g/mol. The van der Waals surface area contributed by atoms with Crippen LogP contribution in [0, 0.1) is 5.41 Å². The van der Waals surface area contributed by atoms with E-state index in [9.17, 15) is 14.7 Å². The topological polar surface area (TPSA) is 204 Å². The Morgan fingerprint density at radius 3 is 1.70 bits per heavy atom. The minimum absolute atomic E-state index is 0.202. The third kappa shape index (κ3) is 4.28. The summed E-state index contributed by atoms with van der Waals surface area (Å²) >= 11 is 0. The van der Waals surface area contributed by atoms with E-state index in [2.05, 4.69) is 10.3 Å². The van der Waals surface area contributed by atoms with Gasteiger partial charge in [0.1, 0.15) is 17.1 Å². The normalized spacial score (nSPS) is 15.4. The van der Waals surface area contributed by atoms with Crippen molar-refractivity contribution < 1.29 is 30.3 Å². The number of nitrogens with one attached hydrogen (secondary N) is 1. The molecule has 11 heteroatoms. The number of carbonyl (C=O) groups is 2. The van der Waals surface area contributed by atoms with Crippen LogP contribution in [0.3, 0.4) is 0 Å². The third-order valence-corrected chi connectivity index (χ3v) is 2.82. The number of amidine groups is 2. The second kappa shape index (κ2) is 7.78. The summed E-state index contributed by atoms with van der Waals surface area (Å²) in [4.78, 5) is 23.0. The van der Waals surface area contributed by atoms with Crippen LogP contribution in [0.4, 0.5) is 0 Å². The van der Waals surface area contributed by atoms with Gasteiger partial charge in [0.15, 0.2) is 0 Å². The van der Waals surface area contributed by atoms with Gasteiger partial charge >= 0.3 is 5.97 Å². The van der Waals surface area contributed by atoms with Crippen LogP contribution in [0.15, 0.2) is 10.3 Å². The Morgan fingerprint density at radius 1 is 1.05 bits per heavy atom. The monoisotopic (exact) mass is 291 g/mol. The molecule has 0 heterocycles. The Kier molecular flexibility index (Phi) is 6.79. The summed E-state index contributed by atoms with van der Waals surface area (Å²) in [7, 11) is 0. The lowest BCUT2D eigenvalue weighted by atomic mass is 9.78. The van der Waals surface area contributed by atoms with Crippen LogP contribution < -0.4 is 16.9 Å². The average Bonchev–Trinajstić information content (AvgIpc) is 2.45. The molecule has 0 atom stereocenters. The molecule has 20 heavy (non-hydrogen) atoms. The molecule has 0 aliphatic heterocycles. The number of aliphatic carboxylic acids is 1. The quantitative estimate of drug-likeness (QED) is 0.0706. The fourth-order valence-electron chi connectivity index (χ4n) is 1.55.